The van der Waals surface area contributed by atoms with Gasteiger partial charge in [-0.05, 0) is 34.0 Å². The lowest BCUT2D eigenvalue weighted by Crippen LogP contribution is -2.29. The van der Waals surface area contributed by atoms with Crippen LogP contribution in [0.3, 0.4) is 0 Å². The van der Waals surface area contributed by atoms with Crippen LogP contribution in [0, 0.1) is 5.92 Å². The summed E-state index contributed by atoms with van der Waals surface area (Å²) in [6, 6.07) is 6.01. The lowest BCUT2D eigenvalue weighted by molar-refractivity contribution is 0.129. The molecule has 4 heteroatoms. The van der Waals surface area contributed by atoms with E-state index in [1.807, 2.05) is 18.2 Å². The number of nitrogens with zero attached hydrogens (tertiary/aromatic N) is 2. The largest absolute Gasteiger partial charge is 0.379 e. The van der Waals surface area contributed by atoms with Gasteiger partial charge < -0.3 is 9.64 Å². The number of hydrogen-bond acceptors (Lipinski definition) is 3. The quantitative estimate of drug-likeness (QED) is 0.733. The summed E-state index contributed by atoms with van der Waals surface area (Å²) in [5, 5.41) is 0. The first-order valence-electron chi connectivity index (χ1n) is 5.21. The molecule has 82 valence electrons. The van der Waals surface area contributed by atoms with Crippen LogP contribution in [0.5, 0.6) is 0 Å². The smallest absolute Gasteiger partial charge is 0.129 e. The van der Waals surface area contributed by atoms with Crippen molar-refractivity contribution in [2.45, 2.75) is 6.92 Å². The standard InChI is InChI=1S/C11H15BrN2O/c1-9-7-14(5-6-15-8-9)11-4-2-3-10(12)13-11/h2-4,9H,5-8H2,1H3. The minimum absolute atomic E-state index is 0.563. The topological polar surface area (TPSA) is 25.4 Å². The van der Waals surface area contributed by atoms with Crippen molar-refractivity contribution >= 4 is 21.7 Å². The van der Waals surface area contributed by atoms with Gasteiger partial charge in [-0.1, -0.05) is 13.0 Å². The minimum atomic E-state index is 0.563. The van der Waals surface area contributed by atoms with Crippen molar-refractivity contribution in [3.05, 3.63) is 22.8 Å². The summed E-state index contributed by atoms with van der Waals surface area (Å²) in [7, 11) is 0. The summed E-state index contributed by atoms with van der Waals surface area (Å²) in [5.74, 6) is 1.59. The van der Waals surface area contributed by atoms with Crippen molar-refractivity contribution in [2.75, 3.05) is 31.2 Å². The molecule has 1 aromatic heterocycles. The van der Waals surface area contributed by atoms with Gasteiger partial charge in [-0.25, -0.2) is 4.98 Å². The van der Waals surface area contributed by atoms with Crippen molar-refractivity contribution in [3.63, 3.8) is 0 Å². The van der Waals surface area contributed by atoms with Crippen molar-refractivity contribution in [1.82, 2.24) is 4.98 Å². The Morgan fingerprint density at radius 1 is 1.53 bits per heavy atom. The molecule has 0 spiro atoms. The van der Waals surface area contributed by atoms with Crippen molar-refractivity contribution in [3.8, 4) is 0 Å². The molecule has 2 rings (SSSR count). The summed E-state index contributed by atoms with van der Waals surface area (Å²) >= 11 is 3.39. The van der Waals surface area contributed by atoms with Crippen LogP contribution in [0.15, 0.2) is 22.8 Å². The number of ether oxygens (including phenoxy) is 1. The second kappa shape index (κ2) is 4.94. The normalized spacial score (nSPS) is 22.5. The molecule has 1 unspecified atom stereocenters. The van der Waals surface area contributed by atoms with Crippen molar-refractivity contribution < 1.29 is 4.74 Å². The van der Waals surface area contributed by atoms with Crippen LogP contribution >= 0.6 is 15.9 Å². The van der Waals surface area contributed by atoms with E-state index in [0.29, 0.717) is 5.92 Å². The third-order valence-electron chi connectivity index (χ3n) is 2.46. The molecule has 15 heavy (non-hydrogen) atoms. The molecule has 0 bridgehead atoms. The molecule has 1 aliphatic heterocycles. The first kappa shape index (κ1) is 10.9. The van der Waals surface area contributed by atoms with Crippen LogP contribution in [0.1, 0.15) is 6.92 Å². The molecule has 1 atom stereocenters. The summed E-state index contributed by atoms with van der Waals surface area (Å²) in [6.45, 7) is 5.79. The van der Waals surface area contributed by atoms with Gasteiger partial charge in [-0.3, -0.25) is 0 Å². The molecule has 0 radical (unpaired) electrons. The molecular weight excluding hydrogens is 256 g/mol. The zero-order chi connectivity index (χ0) is 10.7. The van der Waals surface area contributed by atoms with Gasteiger partial charge in [0.2, 0.25) is 0 Å². The fourth-order valence-electron chi connectivity index (χ4n) is 1.76. The van der Waals surface area contributed by atoms with Crippen LogP contribution in [0.4, 0.5) is 5.82 Å². The van der Waals surface area contributed by atoms with Gasteiger partial charge in [0.25, 0.3) is 0 Å². The van der Waals surface area contributed by atoms with Crippen LogP contribution in [-0.4, -0.2) is 31.3 Å². The second-order valence-corrected chi connectivity index (χ2v) is 4.76. The van der Waals surface area contributed by atoms with Crippen LogP contribution in [-0.2, 0) is 4.74 Å². The maximum atomic E-state index is 5.51. The van der Waals surface area contributed by atoms with Crippen molar-refractivity contribution in [1.29, 1.82) is 0 Å². The van der Waals surface area contributed by atoms with Gasteiger partial charge in [0.05, 0.1) is 13.2 Å². The Morgan fingerprint density at radius 2 is 2.40 bits per heavy atom. The third kappa shape index (κ3) is 2.92. The average Bonchev–Trinajstić information content (AvgIpc) is 2.43. The van der Waals surface area contributed by atoms with E-state index in [0.717, 1.165) is 36.7 Å². The Balaban J connectivity index is 2.14. The molecule has 0 amide bonds. The predicted octanol–water partition coefficient (Wildman–Crippen LogP) is 2.32. The average molecular weight is 271 g/mol. The third-order valence-corrected chi connectivity index (χ3v) is 2.91. The van der Waals surface area contributed by atoms with E-state index in [4.69, 9.17) is 4.74 Å². The van der Waals surface area contributed by atoms with Crippen LogP contribution in [0.2, 0.25) is 0 Å². The zero-order valence-electron chi connectivity index (χ0n) is 8.82. The van der Waals surface area contributed by atoms with Gasteiger partial charge in [0.15, 0.2) is 0 Å². The molecule has 0 saturated carbocycles. The fourth-order valence-corrected chi connectivity index (χ4v) is 2.10. The molecule has 0 aliphatic carbocycles. The monoisotopic (exact) mass is 270 g/mol. The highest BCUT2D eigenvalue weighted by atomic mass is 79.9. The molecule has 2 heterocycles. The lowest BCUT2D eigenvalue weighted by Gasteiger charge is -2.22. The number of hydrogen-bond donors (Lipinski definition) is 0. The van der Waals surface area contributed by atoms with Crippen LogP contribution < -0.4 is 4.90 Å². The SMILES string of the molecule is CC1COCCN(c2cccc(Br)n2)C1. The molecular formula is C11H15BrN2O. The van der Waals surface area contributed by atoms with Gasteiger partial charge >= 0.3 is 0 Å². The molecule has 0 N–H and O–H groups in total. The molecule has 1 aliphatic rings. The Bertz CT molecular complexity index is 332. The maximum Gasteiger partial charge on any atom is 0.129 e. The molecule has 1 aromatic rings. The Kier molecular flexibility index (Phi) is 3.59. The van der Waals surface area contributed by atoms with Gasteiger partial charge in [-0.2, -0.15) is 0 Å². The number of halogens is 1. The van der Waals surface area contributed by atoms with E-state index < -0.39 is 0 Å². The van der Waals surface area contributed by atoms with E-state index in [1.165, 1.54) is 0 Å². The summed E-state index contributed by atoms with van der Waals surface area (Å²) in [4.78, 5) is 6.74. The lowest BCUT2D eigenvalue weighted by atomic mass is 10.2. The van der Waals surface area contributed by atoms with E-state index in [-0.39, 0.29) is 0 Å². The van der Waals surface area contributed by atoms with Crippen molar-refractivity contribution in [2.24, 2.45) is 5.92 Å². The summed E-state index contributed by atoms with van der Waals surface area (Å²) < 4.78 is 6.39. The van der Waals surface area contributed by atoms with E-state index in [9.17, 15) is 0 Å². The molecule has 3 nitrogen and oxygen atoms in total. The summed E-state index contributed by atoms with van der Waals surface area (Å²) in [5.41, 5.74) is 0. The van der Waals surface area contributed by atoms with E-state index in [2.05, 4.69) is 32.7 Å². The highest BCUT2D eigenvalue weighted by Gasteiger charge is 2.16. The Morgan fingerprint density at radius 3 is 3.20 bits per heavy atom. The predicted molar refractivity (Wildman–Crippen MR) is 64.1 cm³/mol. The highest BCUT2D eigenvalue weighted by molar-refractivity contribution is 9.10. The first-order chi connectivity index (χ1) is 7.25. The highest BCUT2D eigenvalue weighted by Crippen LogP contribution is 2.17. The Hall–Kier alpha value is -0.610. The minimum Gasteiger partial charge on any atom is -0.379 e. The maximum absolute atomic E-state index is 5.51. The second-order valence-electron chi connectivity index (χ2n) is 3.94. The summed E-state index contributed by atoms with van der Waals surface area (Å²) in [6.07, 6.45) is 0. The molecule has 0 aromatic carbocycles. The van der Waals surface area contributed by atoms with Gasteiger partial charge in [-0.15, -0.1) is 0 Å². The number of anilines is 1. The van der Waals surface area contributed by atoms with Crippen LogP contribution in [0.25, 0.3) is 0 Å². The first-order valence-corrected chi connectivity index (χ1v) is 6.00. The number of rotatable bonds is 1. The van der Waals surface area contributed by atoms with Gasteiger partial charge in [0.1, 0.15) is 10.4 Å². The number of pyridine rings is 1. The zero-order valence-corrected chi connectivity index (χ0v) is 10.4. The number of aromatic nitrogens is 1. The fraction of sp³-hybridized carbons (Fsp3) is 0.545. The molecule has 1 saturated heterocycles. The van der Waals surface area contributed by atoms with E-state index >= 15 is 0 Å². The van der Waals surface area contributed by atoms with Gasteiger partial charge in [0, 0.05) is 13.1 Å². The molecule has 1 fully saturated rings. The van der Waals surface area contributed by atoms with E-state index in [1.54, 1.807) is 0 Å². The Labute approximate surface area is 98.6 Å².